The summed E-state index contributed by atoms with van der Waals surface area (Å²) in [6.45, 7) is 4.87. The molecule has 3 aromatic heterocycles. The van der Waals surface area contributed by atoms with Crippen molar-refractivity contribution < 1.29 is 13.5 Å². The molecule has 4 aromatic rings. The molecule has 0 aliphatic carbocycles. The molecule has 1 saturated heterocycles. The van der Waals surface area contributed by atoms with E-state index in [0.29, 0.717) is 19.0 Å². The number of nitrogens with zero attached hydrogens (tertiary/aromatic N) is 5. The maximum Gasteiger partial charge on any atom is 0.165 e. The second-order valence-electron chi connectivity index (χ2n) is 7.48. The zero-order chi connectivity index (χ0) is 22.1. The molecule has 1 unspecified atom stereocenters. The van der Waals surface area contributed by atoms with Crippen molar-refractivity contribution in [2.24, 2.45) is 0 Å². The van der Waals surface area contributed by atoms with Crippen molar-refractivity contribution in [1.29, 1.82) is 0 Å². The molecule has 1 aliphatic heterocycles. The number of thiophene rings is 1. The fourth-order valence-electron chi connectivity index (χ4n) is 3.82. The molecule has 0 spiro atoms. The topological polar surface area (TPSA) is 104 Å². The van der Waals surface area contributed by atoms with E-state index in [1.165, 1.54) is 6.33 Å². The second-order valence-corrected chi connectivity index (χ2v) is 9.40. The first-order valence-corrected chi connectivity index (χ1v) is 12.2. The highest BCUT2D eigenvalue weighted by atomic mass is 32.2. The number of aromatic nitrogens is 4. The highest BCUT2D eigenvalue weighted by Crippen LogP contribution is 2.42. The lowest BCUT2D eigenvalue weighted by Crippen LogP contribution is -2.36. The van der Waals surface area contributed by atoms with Crippen LogP contribution in [0, 0.1) is 6.92 Å². The van der Waals surface area contributed by atoms with Crippen molar-refractivity contribution in [2.75, 3.05) is 31.2 Å². The van der Waals surface area contributed by atoms with Gasteiger partial charge in [-0.15, -0.1) is 11.3 Å². The molecular weight excluding hydrogens is 446 g/mol. The molecule has 32 heavy (non-hydrogen) atoms. The third-order valence-electron chi connectivity index (χ3n) is 5.35. The van der Waals surface area contributed by atoms with Crippen LogP contribution < -0.4 is 4.90 Å². The summed E-state index contributed by atoms with van der Waals surface area (Å²) in [5.41, 5.74) is 4.43. The van der Waals surface area contributed by atoms with Crippen LogP contribution in [0.15, 0.2) is 43.0 Å². The zero-order valence-corrected chi connectivity index (χ0v) is 19.0. The van der Waals surface area contributed by atoms with E-state index in [1.807, 2.05) is 31.2 Å². The number of rotatable bonds is 5. The fraction of sp³-hybridized carbons (Fsp3) is 0.273. The van der Waals surface area contributed by atoms with Crippen LogP contribution in [0.3, 0.4) is 0 Å². The summed E-state index contributed by atoms with van der Waals surface area (Å²) in [5.74, 6) is 1.46. The highest BCUT2D eigenvalue weighted by molar-refractivity contribution is 7.78. The molecule has 10 heteroatoms. The Morgan fingerprint density at radius 2 is 1.94 bits per heavy atom. The molecule has 164 valence electrons. The van der Waals surface area contributed by atoms with Crippen LogP contribution in [0.5, 0.6) is 0 Å². The lowest BCUT2D eigenvalue weighted by atomic mass is 10.1. The molecule has 0 bridgehead atoms. The number of ether oxygens (including phenoxy) is 1. The first kappa shape index (κ1) is 21.1. The number of hydrogen-bond acceptors (Lipinski definition) is 9. The van der Waals surface area contributed by atoms with Gasteiger partial charge in [-0.1, -0.05) is 29.3 Å². The molecule has 0 N–H and O–H groups in total. The molecule has 1 atom stereocenters. The van der Waals surface area contributed by atoms with Gasteiger partial charge in [-0.25, -0.2) is 19.9 Å². The maximum atomic E-state index is 11.2. The van der Waals surface area contributed by atoms with E-state index in [4.69, 9.17) is 14.7 Å². The zero-order valence-electron chi connectivity index (χ0n) is 17.4. The van der Waals surface area contributed by atoms with Gasteiger partial charge in [0.25, 0.3) is 0 Å². The van der Waals surface area contributed by atoms with Gasteiger partial charge in [0, 0.05) is 36.1 Å². The van der Waals surface area contributed by atoms with E-state index < -0.39 is 11.1 Å². The molecule has 8 nitrogen and oxygen atoms in total. The van der Waals surface area contributed by atoms with Gasteiger partial charge in [-0.05, 0) is 29.7 Å². The first-order valence-electron chi connectivity index (χ1n) is 10.1. The highest BCUT2D eigenvalue weighted by Gasteiger charge is 2.23. The van der Waals surface area contributed by atoms with Crippen molar-refractivity contribution >= 4 is 38.5 Å². The summed E-state index contributed by atoms with van der Waals surface area (Å²) < 4.78 is 28.9. The molecular formula is C22H20N5O3S2-. The summed E-state index contributed by atoms with van der Waals surface area (Å²) in [7, 11) is 0. The Balaban J connectivity index is 1.69. The first-order chi connectivity index (χ1) is 15.6. The Kier molecular flexibility index (Phi) is 5.92. The van der Waals surface area contributed by atoms with Gasteiger partial charge in [0.05, 0.1) is 29.0 Å². The van der Waals surface area contributed by atoms with E-state index in [1.54, 1.807) is 23.7 Å². The van der Waals surface area contributed by atoms with Gasteiger partial charge in [0.2, 0.25) is 0 Å². The van der Waals surface area contributed by atoms with E-state index in [2.05, 4.69) is 14.9 Å². The molecule has 4 heterocycles. The van der Waals surface area contributed by atoms with Gasteiger partial charge in [-0.2, -0.15) is 0 Å². The summed E-state index contributed by atoms with van der Waals surface area (Å²) in [6, 6.07) is 7.65. The van der Waals surface area contributed by atoms with Crippen molar-refractivity contribution in [1.82, 2.24) is 19.9 Å². The number of benzene rings is 1. The molecule has 5 rings (SSSR count). The van der Waals surface area contributed by atoms with Gasteiger partial charge in [0.1, 0.15) is 6.33 Å². The maximum absolute atomic E-state index is 11.2. The van der Waals surface area contributed by atoms with Crippen molar-refractivity contribution in [3.63, 3.8) is 0 Å². The Labute approximate surface area is 191 Å². The third-order valence-corrected chi connectivity index (χ3v) is 7.25. The van der Waals surface area contributed by atoms with Gasteiger partial charge in [-0.3, -0.25) is 4.21 Å². The van der Waals surface area contributed by atoms with Crippen LogP contribution in [-0.2, 0) is 21.6 Å². The predicted molar refractivity (Wildman–Crippen MR) is 124 cm³/mol. The molecule has 1 aromatic carbocycles. The van der Waals surface area contributed by atoms with E-state index in [0.717, 1.165) is 56.3 Å². The standard InChI is InChI=1S/C22H21N5O3S2/c1-14-18-20(31-19(14)16-4-2-3-15(9-16)12-32(28)29)22(27-5-7-30-8-6-27)26-21(25-18)17-10-23-13-24-11-17/h2-4,9-11,13H,5-8,12H2,1H3,(H,28,29)/p-1. The van der Waals surface area contributed by atoms with Crippen molar-refractivity contribution in [3.8, 4) is 21.8 Å². The largest absolute Gasteiger partial charge is 0.772 e. The van der Waals surface area contributed by atoms with Gasteiger partial charge < -0.3 is 14.2 Å². The molecule has 0 saturated carbocycles. The number of anilines is 1. The molecule has 1 fully saturated rings. The average molecular weight is 467 g/mol. The van der Waals surface area contributed by atoms with Crippen LogP contribution in [0.1, 0.15) is 11.1 Å². The number of fused-ring (bicyclic) bond motifs is 1. The Morgan fingerprint density at radius 3 is 2.69 bits per heavy atom. The fourth-order valence-corrected chi connectivity index (χ4v) is 5.53. The van der Waals surface area contributed by atoms with Gasteiger partial charge in [0.15, 0.2) is 11.6 Å². The minimum Gasteiger partial charge on any atom is -0.772 e. The lowest BCUT2D eigenvalue weighted by Gasteiger charge is -2.28. The Hall–Kier alpha value is -2.79. The van der Waals surface area contributed by atoms with Crippen molar-refractivity contribution in [2.45, 2.75) is 12.7 Å². The molecule has 0 amide bonds. The quantitative estimate of drug-likeness (QED) is 0.413. The van der Waals surface area contributed by atoms with Crippen LogP contribution in [0.25, 0.3) is 32.0 Å². The Morgan fingerprint density at radius 1 is 1.16 bits per heavy atom. The van der Waals surface area contributed by atoms with Crippen LogP contribution in [0.4, 0.5) is 5.82 Å². The van der Waals surface area contributed by atoms with Gasteiger partial charge >= 0.3 is 0 Å². The SMILES string of the molecule is Cc1c(-c2cccc(CS(=O)[O-])c2)sc2c(N3CCOCC3)nc(-c3cncnc3)nc12. The summed E-state index contributed by atoms with van der Waals surface area (Å²) in [4.78, 5) is 21.3. The third kappa shape index (κ3) is 4.14. The van der Waals surface area contributed by atoms with Crippen LogP contribution >= 0.6 is 11.3 Å². The lowest BCUT2D eigenvalue weighted by molar-refractivity contribution is 0.122. The van der Waals surface area contributed by atoms with E-state index in [-0.39, 0.29) is 5.75 Å². The summed E-state index contributed by atoms with van der Waals surface area (Å²) >= 11 is -0.496. The summed E-state index contributed by atoms with van der Waals surface area (Å²) in [6.07, 6.45) is 4.92. The number of aryl methyl sites for hydroxylation is 1. The average Bonchev–Trinajstić information content (AvgIpc) is 3.16. The normalized spacial score (nSPS) is 15.2. The van der Waals surface area contributed by atoms with Crippen LogP contribution in [0.2, 0.25) is 0 Å². The number of morpholine rings is 1. The minimum absolute atomic E-state index is 0.00519. The Bertz CT molecular complexity index is 1290. The predicted octanol–water partition coefficient (Wildman–Crippen LogP) is 3.34. The van der Waals surface area contributed by atoms with E-state index >= 15 is 0 Å². The monoisotopic (exact) mass is 466 g/mol. The molecule has 0 radical (unpaired) electrons. The summed E-state index contributed by atoms with van der Waals surface area (Å²) in [5, 5.41) is 0. The minimum atomic E-state index is -2.13. The van der Waals surface area contributed by atoms with Crippen molar-refractivity contribution in [3.05, 3.63) is 54.1 Å². The second kappa shape index (κ2) is 8.99. The van der Waals surface area contributed by atoms with Crippen LogP contribution in [-0.4, -0.2) is 55.0 Å². The van der Waals surface area contributed by atoms with E-state index in [9.17, 15) is 8.76 Å². The number of hydrogen-bond donors (Lipinski definition) is 0. The smallest absolute Gasteiger partial charge is 0.165 e. The molecule has 1 aliphatic rings.